The van der Waals surface area contributed by atoms with Crippen LogP contribution in [0.1, 0.15) is 37.9 Å². The van der Waals surface area contributed by atoms with Crippen molar-refractivity contribution in [1.29, 1.82) is 0 Å². The third-order valence-corrected chi connectivity index (χ3v) is 3.25. The zero-order chi connectivity index (χ0) is 15.0. The summed E-state index contributed by atoms with van der Waals surface area (Å²) >= 11 is 5.88. The fourth-order valence-corrected chi connectivity index (χ4v) is 1.93. The predicted octanol–water partition coefficient (Wildman–Crippen LogP) is 3.77. The highest BCUT2D eigenvalue weighted by molar-refractivity contribution is 6.31. The van der Waals surface area contributed by atoms with Crippen LogP contribution in [0, 0.1) is 5.41 Å². The van der Waals surface area contributed by atoms with E-state index in [9.17, 15) is 18.3 Å². The molecule has 0 amide bonds. The Labute approximate surface area is 115 Å². The summed E-state index contributed by atoms with van der Waals surface area (Å²) in [7, 11) is 0. The Bertz CT molecular complexity index is 454. The standard InChI is InChI=1S/C13H17ClF3NO/c1-12(2,3)11(19)10(18)8-6-7(13(15,16)17)4-5-9(8)14/h4-6,10-11,19H,18H2,1-3H3/t10-,11-/m0/s1. The maximum absolute atomic E-state index is 12.7. The van der Waals surface area contributed by atoms with Crippen LogP contribution in [-0.2, 0) is 6.18 Å². The lowest BCUT2D eigenvalue weighted by Crippen LogP contribution is -2.37. The highest BCUT2D eigenvalue weighted by atomic mass is 35.5. The number of halogens is 4. The number of aliphatic hydroxyl groups is 1. The largest absolute Gasteiger partial charge is 0.416 e. The van der Waals surface area contributed by atoms with Gasteiger partial charge in [0.2, 0.25) is 0 Å². The molecular weight excluding hydrogens is 279 g/mol. The van der Waals surface area contributed by atoms with Crippen LogP contribution in [0.25, 0.3) is 0 Å². The van der Waals surface area contributed by atoms with Gasteiger partial charge in [-0.15, -0.1) is 0 Å². The number of hydrogen-bond acceptors (Lipinski definition) is 2. The first-order valence-corrected chi connectivity index (χ1v) is 6.12. The van der Waals surface area contributed by atoms with E-state index in [0.717, 1.165) is 18.2 Å². The second-order valence-electron chi connectivity index (χ2n) is 5.57. The molecule has 0 saturated heterocycles. The van der Waals surface area contributed by atoms with E-state index in [4.69, 9.17) is 17.3 Å². The van der Waals surface area contributed by atoms with Crippen LogP contribution in [-0.4, -0.2) is 11.2 Å². The first-order chi connectivity index (χ1) is 8.44. The van der Waals surface area contributed by atoms with Gasteiger partial charge in [0, 0.05) is 5.02 Å². The molecule has 0 fully saturated rings. The van der Waals surface area contributed by atoms with E-state index < -0.39 is 29.3 Å². The molecule has 108 valence electrons. The molecule has 2 nitrogen and oxygen atoms in total. The number of benzene rings is 1. The quantitative estimate of drug-likeness (QED) is 0.872. The fraction of sp³-hybridized carbons (Fsp3) is 0.538. The van der Waals surface area contributed by atoms with Crippen LogP contribution in [0.5, 0.6) is 0 Å². The summed E-state index contributed by atoms with van der Waals surface area (Å²) in [6.45, 7) is 5.25. The van der Waals surface area contributed by atoms with E-state index >= 15 is 0 Å². The van der Waals surface area contributed by atoms with Crippen LogP contribution in [0.3, 0.4) is 0 Å². The molecule has 0 aliphatic carbocycles. The van der Waals surface area contributed by atoms with Crippen molar-refractivity contribution in [3.8, 4) is 0 Å². The van der Waals surface area contributed by atoms with Gasteiger partial charge in [-0.05, 0) is 29.2 Å². The summed E-state index contributed by atoms with van der Waals surface area (Å²) in [5.41, 5.74) is 4.54. The van der Waals surface area contributed by atoms with E-state index in [-0.39, 0.29) is 10.6 Å². The first kappa shape index (κ1) is 16.3. The van der Waals surface area contributed by atoms with Gasteiger partial charge < -0.3 is 10.8 Å². The van der Waals surface area contributed by atoms with Gasteiger partial charge in [0.1, 0.15) is 0 Å². The van der Waals surface area contributed by atoms with Gasteiger partial charge in [0.05, 0.1) is 17.7 Å². The Kier molecular flexibility index (Phi) is 4.55. The Morgan fingerprint density at radius 2 is 1.74 bits per heavy atom. The molecule has 1 rings (SSSR count). The number of nitrogens with two attached hydrogens (primary N) is 1. The zero-order valence-corrected chi connectivity index (χ0v) is 11.7. The Hall–Kier alpha value is -0.780. The third kappa shape index (κ3) is 3.84. The number of hydrogen-bond donors (Lipinski definition) is 2. The summed E-state index contributed by atoms with van der Waals surface area (Å²) in [6, 6.07) is 1.95. The fourth-order valence-electron chi connectivity index (χ4n) is 1.68. The van der Waals surface area contributed by atoms with Crippen molar-refractivity contribution in [2.45, 2.75) is 39.1 Å². The van der Waals surface area contributed by atoms with Gasteiger partial charge in [0.25, 0.3) is 0 Å². The topological polar surface area (TPSA) is 46.2 Å². The van der Waals surface area contributed by atoms with E-state index in [0.29, 0.717) is 0 Å². The Balaban J connectivity index is 3.20. The predicted molar refractivity (Wildman–Crippen MR) is 68.8 cm³/mol. The maximum Gasteiger partial charge on any atom is 0.416 e. The van der Waals surface area contributed by atoms with Crippen molar-refractivity contribution in [3.05, 3.63) is 34.3 Å². The lowest BCUT2D eigenvalue weighted by molar-refractivity contribution is -0.137. The second kappa shape index (κ2) is 5.31. The van der Waals surface area contributed by atoms with Crippen LogP contribution in [0.2, 0.25) is 5.02 Å². The van der Waals surface area contributed by atoms with Gasteiger partial charge in [-0.3, -0.25) is 0 Å². The maximum atomic E-state index is 12.7. The van der Waals surface area contributed by atoms with Crippen LogP contribution in [0.15, 0.2) is 18.2 Å². The molecule has 3 N–H and O–H groups in total. The van der Waals surface area contributed by atoms with Crippen molar-refractivity contribution >= 4 is 11.6 Å². The number of aliphatic hydroxyl groups excluding tert-OH is 1. The minimum absolute atomic E-state index is 0.0962. The average Bonchev–Trinajstić information content (AvgIpc) is 2.25. The van der Waals surface area contributed by atoms with Crippen LogP contribution >= 0.6 is 11.6 Å². The van der Waals surface area contributed by atoms with Crippen molar-refractivity contribution in [2.75, 3.05) is 0 Å². The van der Waals surface area contributed by atoms with Gasteiger partial charge >= 0.3 is 6.18 Å². The number of rotatable bonds is 2. The second-order valence-corrected chi connectivity index (χ2v) is 5.98. The summed E-state index contributed by atoms with van der Waals surface area (Å²) in [5, 5.41) is 10.2. The van der Waals surface area contributed by atoms with Crippen molar-refractivity contribution in [2.24, 2.45) is 11.1 Å². The molecule has 0 spiro atoms. The normalized spacial score (nSPS) is 16.3. The third-order valence-electron chi connectivity index (χ3n) is 2.91. The van der Waals surface area contributed by atoms with E-state index in [1.807, 2.05) is 0 Å². The molecule has 19 heavy (non-hydrogen) atoms. The molecule has 0 heterocycles. The summed E-state index contributed by atoms with van der Waals surface area (Å²) < 4.78 is 38.0. The molecule has 2 atom stereocenters. The number of alkyl halides is 3. The lowest BCUT2D eigenvalue weighted by Gasteiger charge is -2.31. The molecule has 0 radical (unpaired) electrons. The molecule has 0 saturated carbocycles. The Morgan fingerprint density at radius 1 is 1.21 bits per heavy atom. The molecule has 0 unspecified atom stereocenters. The molecule has 1 aromatic rings. The molecule has 0 aliphatic rings. The average molecular weight is 296 g/mol. The molecule has 6 heteroatoms. The van der Waals surface area contributed by atoms with Crippen molar-refractivity contribution in [1.82, 2.24) is 0 Å². The van der Waals surface area contributed by atoms with Crippen LogP contribution < -0.4 is 5.73 Å². The first-order valence-electron chi connectivity index (χ1n) is 5.75. The van der Waals surface area contributed by atoms with Crippen LogP contribution in [0.4, 0.5) is 13.2 Å². The highest BCUT2D eigenvalue weighted by Crippen LogP contribution is 2.36. The summed E-state index contributed by atoms with van der Waals surface area (Å²) in [5.74, 6) is 0. The van der Waals surface area contributed by atoms with Crippen molar-refractivity contribution < 1.29 is 18.3 Å². The molecular formula is C13H17ClF3NO. The van der Waals surface area contributed by atoms with Gasteiger partial charge in [-0.1, -0.05) is 32.4 Å². The highest BCUT2D eigenvalue weighted by Gasteiger charge is 2.34. The Morgan fingerprint density at radius 3 is 2.16 bits per heavy atom. The molecule has 0 aromatic heterocycles. The van der Waals surface area contributed by atoms with Gasteiger partial charge in [0.15, 0.2) is 0 Å². The van der Waals surface area contributed by atoms with E-state index in [1.165, 1.54) is 0 Å². The molecule has 1 aromatic carbocycles. The summed E-state index contributed by atoms with van der Waals surface area (Å²) in [6.07, 6.45) is -5.47. The lowest BCUT2D eigenvalue weighted by atomic mass is 9.82. The van der Waals surface area contributed by atoms with E-state index in [1.54, 1.807) is 20.8 Å². The molecule has 0 aliphatic heterocycles. The minimum atomic E-state index is -4.47. The summed E-state index contributed by atoms with van der Waals surface area (Å²) in [4.78, 5) is 0. The SMILES string of the molecule is CC(C)(C)[C@@H](O)[C@@H](N)c1cc(C(F)(F)F)ccc1Cl. The monoisotopic (exact) mass is 295 g/mol. The molecule has 0 bridgehead atoms. The zero-order valence-electron chi connectivity index (χ0n) is 10.9. The van der Waals surface area contributed by atoms with Gasteiger partial charge in [-0.25, -0.2) is 0 Å². The van der Waals surface area contributed by atoms with Crippen molar-refractivity contribution in [3.63, 3.8) is 0 Å². The van der Waals surface area contributed by atoms with E-state index in [2.05, 4.69) is 0 Å². The van der Waals surface area contributed by atoms with Gasteiger partial charge in [-0.2, -0.15) is 13.2 Å². The smallest absolute Gasteiger partial charge is 0.391 e. The minimum Gasteiger partial charge on any atom is -0.391 e.